The predicted octanol–water partition coefficient (Wildman–Crippen LogP) is 2.74. The van der Waals surface area contributed by atoms with Gasteiger partial charge in [0.1, 0.15) is 12.4 Å². The number of hydrogen-bond acceptors (Lipinski definition) is 5. The number of amides is 1. The Labute approximate surface area is 174 Å². The van der Waals surface area contributed by atoms with E-state index in [1.54, 1.807) is 35.9 Å². The number of esters is 1. The van der Waals surface area contributed by atoms with Crippen molar-refractivity contribution in [2.75, 3.05) is 19.8 Å². The van der Waals surface area contributed by atoms with Gasteiger partial charge in [0.15, 0.2) is 6.04 Å². The monoisotopic (exact) mass is 422 g/mol. The van der Waals surface area contributed by atoms with E-state index in [1.165, 1.54) is 4.90 Å². The number of aromatic nitrogens is 1. The van der Waals surface area contributed by atoms with Gasteiger partial charge in [-0.1, -0.05) is 25.7 Å². The van der Waals surface area contributed by atoms with Crippen LogP contribution in [-0.4, -0.2) is 66.4 Å². The minimum Gasteiger partial charge on any atom is -0.464 e. The Kier molecular flexibility index (Phi) is 8.24. The summed E-state index contributed by atoms with van der Waals surface area (Å²) in [6.07, 6.45) is 3.02. The standard InChI is InChI=1S/C21H34N2O5Si/c1-6-9-16-14-23(18(19(16)24)21(26)28-7-2)20(25)17-10-8-11-22(17)15-27-12-13-29(3,4)5/h6,8,10-11,16,18-19,24H,1,7,9,12-15H2,2-5H3. The molecule has 1 aliphatic heterocycles. The lowest BCUT2D eigenvalue weighted by Crippen LogP contribution is -2.46. The quantitative estimate of drug-likeness (QED) is 0.271. The van der Waals surface area contributed by atoms with Crippen molar-refractivity contribution in [3.05, 3.63) is 36.7 Å². The molecule has 3 atom stereocenters. The lowest BCUT2D eigenvalue weighted by molar-refractivity contribution is -0.150. The Balaban J connectivity index is 2.14. The molecule has 29 heavy (non-hydrogen) atoms. The topological polar surface area (TPSA) is 81.0 Å². The van der Waals surface area contributed by atoms with Crippen molar-refractivity contribution in [3.8, 4) is 0 Å². The molecule has 1 aromatic heterocycles. The minimum atomic E-state index is -1.19. The maximum Gasteiger partial charge on any atom is 0.331 e. The van der Waals surface area contributed by atoms with E-state index in [0.717, 1.165) is 6.04 Å². The van der Waals surface area contributed by atoms with E-state index >= 15 is 0 Å². The van der Waals surface area contributed by atoms with Crippen LogP contribution in [0.5, 0.6) is 0 Å². The third-order valence-electron chi connectivity index (χ3n) is 5.11. The van der Waals surface area contributed by atoms with Crippen LogP contribution in [0.4, 0.5) is 0 Å². The zero-order chi connectivity index (χ0) is 21.6. The highest BCUT2D eigenvalue weighted by atomic mass is 28.3. The van der Waals surface area contributed by atoms with E-state index in [1.807, 2.05) is 0 Å². The van der Waals surface area contributed by atoms with Crippen LogP contribution in [0, 0.1) is 5.92 Å². The fraction of sp³-hybridized carbons (Fsp3) is 0.619. The first-order valence-corrected chi connectivity index (χ1v) is 13.9. The van der Waals surface area contributed by atoms with Crippen LogP contribution in [0.3, 0.4) is 0 Å². The zero-order valence-electron chi connectivity index (χ0n) is 18.0. The number of ether oxygens (including phenoxy) is 2. The smallest absolute Gasteiger partial charge is 0.331 e. The van der Waals surface area contributed by atoms with E-state index < -0.39 is 26.2 Å². The Hall–Kier alpha value is -1.90. The van der Waals surface area contributed by atoms with Crippen LogP contribution in [0.1, 0.15) is 23.8 Å². The average molecular weight is 423 g/mol. The highest BCUT2D eigenvalue weighted by Gasteiger charge is 2.47. The van der Waals surface area contributed by atoms with Crippen molar-refractivity contribution in [2.45, 2.75) is 57.9 Å². The van der Waals surface area contributed by atoms with Crippen molar-refractivity contribution in [3.63, 3.8) is 0 Å². The van der Waals surface area contributed by atoms with Gasteiger partial charge in [-0.05, 0) is 31.5 Å². The van der Waals surface area contributed by atoms with Gasteiger partial charge in [-0.15, -0.1) is 6.58 Å². The van der Waals surface area contributed by atoms with Crippen LogP contribution in [-0.2, 0) is 21.0 Å². The van der Waals surface area contributed by atoms with Crippen LogP contribution in [0.25, 0.3) is 0 Å². The Morgan fingerprint density at radius 2 is 2.10 bits per heavy atom. The molecule has 0 bridgehead atoms. The molecule has 0 aromatic carbocycles. The third kappa shape index (κ3) is 6.04. The molecule has 162 valence electrons. The number of nitrogens with zero attached hydrogens (tertiary/aromatic N) is 2. The largest absolute Gasteiger partial charge is 0.464 e. The molecule has 2 rings (SSSR count). The number of hydrogen-bond donors (Lipinski definition) is 1. The first-order valence-electron chi connectivity index (χ1n) is 10.2. The summed E-state index contributed by atoms with van der Waals surface area (Å²) >= 11 is 0. The molecule has 1 amide bonds. The molecule has 1 saturated heterocycles. The normalized spacial score (nSPS) is 22.0. The number of allylic oxidation sites excluding steroid dienone is 1. The molecule has 3 unspecified atom stereocenters. The summed E-state index contributed by atoms with van der Waals surface area (Å²) in [4.78, 5) is 27.1. The molecule has 8 heteroatoms. The van der Waals surface area contributed by atoms with Crippen LogP contribution >= 0.6 is 0 Å². The van der Waals surface area contributed by atoms with Gasteiger partial charge in [0.2, 0.25) is 0 Å². The van der Waals surface area contributed by atoms with E-state index in [2.05, 4.69) is 26.2 Å². The summed E-state index contributed by atoms with van der Waals surface area (Å²) in [7, 11) is -1.19. The van der Waals surface area contributed by atoms with Gasteiger partial charge in [-0.3, -0.25) is 4.79 Å². The summed E-state index contributed by atoms with van der Waals surface area (Å²) in [5.74, 6) is -1.14. The number of carbonyl (C=O) groups excluding carboxylic acids is 2. The Morgan fingerprint density at radius 1 is 1.38 bits per heavy atom. The summed E-state index contributed by atoms with van der Waals surface area (Å²) in [6, 6.07) is 3.52. The van der Waals surface area contributed by atoms with Gasteiger partial charge >= 0.3 is 5.97 Å². The van der Waals surface area contributed by atoms with Gasteiger partial charge in [-0.2, -0.15) is 0 Å². The van der Waals surface area contributed by atoms with Crippen LogP contribution < -0.4 is 0 Å². The van der Waals surface area contributed by atoms with Gasteiger partial charge in [0.05, 0.1) is 12.7 Å². The molecule has 0 spiro atoms. The predicted molar refractivity (Wildman–Crippen MR) is 114 cm³/mol. The summed E-state index contributed by atoms with van der Waals surface area (Å²) < 4.78 is 12.6. The second-order valence-electron chi connectivity index (χ2n) is 8.64. The molecule has 0 saturated carbocycles. The lowest BCUT2D eigenvalue weighted by Gasteiger charge is -2.25. The minimum absolute atomic E-state index is 0.192. The van der Waals surface area contributed by atoms with Crippen LogP contribution in [0.15, 0.2) is 31.0 Å². The van der Waals surface area contributed by atoms with Gasteiger partial charge in [0, 0.05) is 33.3 Å². The van der Waals surface area contributed by atoms with Crippen molar-refractivity contribution in [1.82, 2.24) is 9.47 Å². The van der Waals surface area contributed by atoms with Gasteiger partial charge in [0.25, 0.3) is 5.91 Å². The number of likely N-dealkylation sites (tertiary alicyclic amines) is 1. The molecule has 7 nitrogen and oxygen atoms in total. The number of carbonyl (C=O) groups is 2. The maximum atomic E-state index is 13.2. The highest BCUT2D eigenvalue weighted by molar-refractivity contribution is 6.76. The first kappa shape index (κ1) is 23.4. The van der Waals surface area contributed by atoms with E-state index in [4.69, 9.17) is 9.47 Å². The second-order valence-corrected chi connectivity index (χ2v) is 14.3. The lowest BCUT2D eigenvalue weighted by atomic mass is 9.98. The number of rotatable bonds is 10. The molecule has 0 radical (unpaired) electrons. The van der Waals surface area contributed by atoms with E-state index in [-0.39, 0.29) is 31.7 Å². The molecule has 2 heterocycles. The molecular weight excluding hydrogens is 388 g/mol. The Morgan fingerprint density at radius 3 is 2.72 bits per heavy atom. The van der Waals surface area contributed by atoms with E-state index in [0.29, 0.717) is 18.7 Å². The molecular formula is C21H34N2O5Si. The van der Waals surface area contributed by atoms with Crippen molar-refractivity contribution in [1.29, 1.82) is 0 Å². The SMILES string of the molecule is C=CCC1CN(C(=O)c2cccn2COCC[Si](C)(C)C)C(C(=O)OCC)C1O. The van der Waals surface area contributed by atoms with Crippen molar-refractivity contribution < 1.29 is 24.2 Å². The van der Waals surface area contributed by atoms with Crippen LogP contribution in [0.2, 0.25) is 25.7 Å². The molecule has 0 aliphatic carbocycles. The number of aliphatic hydroxyl groups excluding tert-OH is 1. The highest BCUT2D eigenvalue weighted by Crippen LogP contribution is 2.29. The summed E-state index contributed by atoms with van der Waals surface area (Å²) in [5.41, 5.74) is 0.429. The molecule has 1 fully saturated rings. The first-order chi connectivity index (χ1) is 13.7. The van der Waals surface area contributed by atoms with Crippen molar-refractivity contribution >= 4 is 20.0 Å². The summed E-state index contributed by atoms with van der Waals surface area (Å²) in [6.45, 7) is 13.7. The van der Waals surface area contributed by atoms with Crippen molar-refractivity contribution in [2.24, 2.45) is 5.92 Å². The molecule has 1 N–H and O–H groups in total. The zero-order valence-corrected chi connectivity index (χ0v) is 19.0. The fourth-order valence-corrected chi connectivity index (χ4v) is 4.21. The fourth-order valence-electron chi connectivity index (χ4n) is 3.46. The second kappa shape index (κ2) is 10.2. The van der Waals surface area contributed by atoms with Gasteiger partial charge < -0.3 is 24.0 Å². The molecule has 1 aromatic rings. The third-order valence-corrected chi connectivity index (χ3v) is 6.81. The molecule has 1 aliphatic rings. The average Bonchev–Trinajstić information content (AvgIpc) is 3.23. The van der Waals surface area contributed by atoms with Gasteiger partial charge in [-0.25, -0.2) is 4.79 Å². The van der Waals surface area contributed by atoms with E-state index in [9.17, 15) is 14.7 Å². The maximum absolute atomic E-state index is 13.2. The number of aliphatic hydroxyl groups is 1. The Bertz CT molecular complexity index is 712. The summed E-state index contributed by atoms with van der Waals surface area (Å²) in [5, 5.41) is 10.6.